The highest BCUT2D eigenvalue weighted by molar-refractivity contribution is 14.0. The minimum atomic E-state index is 0. The quantitative estimate of drug-likeness (QED) is 0.335. The molecular weight excluding hydrogens is 467 g/mol. The Kier molecular flexibility index (Phi) is 11.8. The van der Waals surface area contributed by atoms with E-state index in [1.165, 1.54) is 24.8 Å². The van der Waals surface area contributed by atoms with Crippen LogP contribution in [0.4, 0.5) is 0 Å². The Bertz CT molecular complexity index is 574. The summed E-state index contributed by atoms with van der Waals surface area (Å²) in [5, 5.41) is 3.54. The Balaban J connectivity index is 0.00000392. The van der Waals surface area contributed by atoms with Crippen molar-refractivity contribution in [2.45, 2.75) is 25.3 Å². The van der Waals surface area contributed by atoms with Gasteiger partial charge in [-0.05, 0) is 57.0 Å². The maximum absolute atomic E-state index is 5.46. The number of hydrogen-bond donors (Lipinski definition) is 1. The molecule has 2 rings (SSSR count). The van der Waals surface area contributed by atoms with E-state index < -0.39 is 0 Å². The fourth-order valence-electron chi connectivity index (χ4n) is 3.51. The van der Waals surface area contributed by atoms with Gasteiger partial charge in [0.2, 0.25) is 0 Å². The molecule has 0 radical (unpaired) electrons. The van der Waals surface area contributed by atoms with E-state index in [4.69, 9.17) is 9.47 Å². The number of benzene rings is 1. The molecule has 1 aliphatic rings. The molecule has 1 unspecified atom stereocenters. The molecule has 0 spiro atoms. The van der Waals surface area contributed by atoms with E-state index in [0.29, 0.717) is 0 Å². The van der Waals surface area contributed by atoms with E-state index in [2.05, 4.69) is 53.4 Å². The SMILES string of the molecule is CN=C(NCC(c1ccc(OC)cc1)N(C)C)N(C)CCC1CCOCC1.I. The number of hydrogen-bond acceptors (Lipinski definition) is 4. The van der Waals surface area contributed by atoms with Gasteiger partial charge in [-0.2, -0.15) is 0 Å². The van der Waals surface area contributed by atoms with Gasteiger partial charge in [-0.25, -0.2) is 0 Å². The summed E-state index contributed by atoms with van der Waals surface area (Å²) in [5.41, 5.74) is 1.26. The molecule has 1 atom stereocenters. The summed E-state index contributed by atoms with van der Waals surface area (Å²) in [7, 11) is 9.88. The molecule has 1 aromatic carbocycles. The zero-order valence-electron chi connectivity index (χ0n) is 18.0. The smallest absolute Gasteiger partial charge is 0.193 e. The van der Waals surface area contributed by atoms with Gasteiger partial charge in [0.25, 0.3) is 0 Å². The minimum absolute atomic E-state index is 0. The standard InChI is InChI=1S/C21H36N4O2.HI/c1-22-21(25(4)13-10-17-11-14-27-15-12-17)23-16-20(24(2)3)18-6-8-19(26-5)9-7-18;/h6-9,17,20H,10-16H2,1-5H3,(H,22,23);1H. The number of rotatable bonds is 8. The minimum Gasteiger partial charge on any atom is -0.497 e. The Labute approximate surface area is 187 Å². The molecule has 160 valence electrons. The Morgan fingerprint density at radius 2 is 1.86 bits per heavy atom. The molecule has 1 heterocycles. The van der Waals surface area contributed by atoms with Gasteiger partial charge in [-0.3, -0.25) is 4.99 Å². The largest absolute Gasteiger partial charge is 0.497 e. The molecule has 6 nitrogen and oxygen atoms in total. The zero-order chi connectivity index (χ0) is 19.6. The van der Waals surface area contributed by atoms with Gasteiger partial charge >= 0.3 is 0 Å². The number of halogens is 1. The molecule has 1 saturated heterocycles. The highest BCUT2D eigenvalue weighted by atomic mass is 127. The van der Waals surface area contributed by atoms with Crippen LogP contribution in [0, 0.1) is 5.92 Å². The molecule has 0 aliphatic carbocycles. The zero-order valence-corrected chi connectivity index (χ0v) is 20.3. The van der Waals surface area contributed by atoms with Crippen LogP contribution in [0.25, 0.3) is 0 Å². The van der Waals surface area contributed by atoms with Gasteiger partial charge in [0, 0.05) is 40.4 Å². The lowest BCUT2D eigenvalue weighted by atomic mass is 9.96. The molecule has 1 fully saturated rings. The van der Waals surface area contributed by atoms with Crippen LogP contribution in [-0.4, -0.2) is 77.4 Å². The van der Waals surface area contributed by atoms with Crippen molar-refractivity contribution >= 4 is 29.9 Å². The third-order valence-corrected chi connectivity index (χ3v) is 5.36. The van der Waals surface area contributed by atoms with Crippen LogP contribution in [0.1, 0.15) is 30.9 Å². The van der Waals surface area contributed by atoms with Crippen molar-refractivity contribution in [3.63, 3.8) is 0 Å². The number of aliphatic imine (C=N–C) groups is 1. The average molecular weight is 504 g/mol. The predicted molar refractivity (Wildman–Crippen MR) is 127 cm³/mol. The van der Waals surface area contributed by atoms with Crippen molar-refractivity contribution in [2.75, 3.05) is 61.6 Å². The second-order valence-electron chi connectivity index (χ2n) is 7.45. The molecule has 1 aliphatic heterocycles. The number of likely N-dealkylation sites (N-methyl/N-ethyl adjacent to an activating group) is 1. The van der Waals surface area contributed by atoms with Crippen LogP contribution in [-0.2, 0) is 4.74 Å². The van der Waals surface area contributed by atoms with Gasteiger partial charge in [0.1, 0.15) is 5.75 Å². The van der Waals surface area contributed by atoms with Crippen LogP contribution in [0.5, 0.6) is 5.75 Å². The van der Waals surface area contributed by atoms with Crippen molar-refractivity contribution in [1.82, 2.24) is 15.1 Å². The average Bonchev–Trinajstić information content (AvgIpc) is 2.70. The van der Waals surface area contributed by atoms with Crippen molar-refractivity contribution in [3.8, 4) is 5.75 Å². The Hall–Kier alpha value is -1.06. The molecule has 0 aromatic heterocycles. The van der Waals surface area contributed by atoms with Gasteiger partial charge in [-0.1, -0.05) is 12.1 Å². The maximum Gasteiger partial charge on any atom is 0.193 e. The first-order valence-electron chi connectivity index (χ1n) is 9.85. The Morgan fingerprint density at radius 1 is 1.21 bits per heavy atom. The van der Waals surface area contributed by atoms with Gasteiger partial charge in [0.15, 0.2) is 5.96 Å². The summed E-state index contributed by atoms with van der Waals surface area (Å²) in [4.78, 5) is 8.93. The van der Waals surface area contributed by atoms with Crippen LogP contribution in [0.15, 0.2) is 29.3 Å². The van der Waals surface area contributed by atoms with Crippen molar-refractivity contribution < 1.29 is 9.47 Å². The second kappa shape index (κ2) is 13.2. The number of methoxy groups -OCH3 is 1. The molecule has 1 aromatic rings. The van der Waals surface area contributed by atoms with Gasteiger partial charge < -0.3 is 24.6 Å². The summed E-state index contributed by atoms with van der Waals surface area (Å²) >= 11 is 0. The number of nitrogens with zero attached hydrogens (tertiary/aromatic N) is 3. The van der Waals surface area contributed by atoms with Crippen LogP contribution in [0.2, 0.25) is 0 Å². The molecule has 0 bridgehead atoms. The Morgan fingerprint density at radius 3 is 2.39 bits per heavy atom. The van der Waals surface area contributed by atoms with E-state index in [1.807, 2.05) is 19.2 Å². The highest BCUT2D eigenvalue weighted by Gasteiger charge is 2.18. The lowest BCUT2D eigenvalue weighted by molar-refractivity contribution is 0.0625. The fraction of sp³-hybridized carbons (Fsp3) is 0.667. The molecule has 0 amide bonds. The molecule has 7 heteroatoms. The summed E-state index contributed by atoms with van der Waals surface area (Å²) in [6.45, 7) is 3.63. The maximum atomic E-state index is 5.46. The topological polar surface area (TPSA) is 49.3 Å². The summed E-state index contributed by atoms with van der Waals surface area (Å²) in [5.74, 6) is 2.60. The first kappa shape index (κ1) is 25.0. The van der Waals surface area contributed by atoms with Gasteiger partial charge in [-0.15, -0.1) is 24.0 Å². The number of ether oxygens (including phenoxy) is 2. The van der Waals surface area contributed by atoms with E-state index in [9.17, 15) is 0 Å². The molecule has 1 N–H and O–H groups in total. The van der Waals surface area contributed by atoms with Crippen molar-refractivity contribution in [1.29, 1.82) is 0 Å². The number of guanidine groups is 1. The predicted octanol–water partition coefficient (Wildman–Crippen LogP) is 3.24. The fourth-order valence-corrected chi connectivity index (χ4v) is 3.51. The van der Waals surface area contributed by atoms with Crippen molar-refractivity contribution in [3.05, 3.63) is 29.8 Å². The third-order valence-electron chi connectivity index (χ3n) is 5.36. The van der Waals surface area contributed by atoms with E-state index >= 15 is 0 Å². The highest BCUT2D eigenvalue weighted by Crippen LogP contribution is 2.21. The molecular formula is C21H37IN4O2. The van der Waals surface area contributed by atoms with Crippen LogP contribution < -0.4 is 10.1 Å². The molecule has 28 heavy (non-hydrogen) atoms. The van der Waals surface area contributed by atoms with Crippen LogP contribution >= 0.6 is 24.0 Å². The second-order valence-corrected chi connectivity index (χ2v) is 7.45. The van der Waals surface area contributed by atoms with Crippen LogP contribution in [0.3, 0.4) is 0 Å². The lowest BCUT2D eigenvalue weighted by Gasteiger charge is -2.29. The summed E-state index contributed by atoms with van der Waals surface area (Å²) in [6.07, 6.45) is 3.55. The van der Waals surface area contributed by atoms with E-state index in [0.717, 1.165) is 43.9 Å². The first-order chi connectivity index (χ1) is 13.0. The third kappa shape index (κ3) is 7.75. The normalized spacial score (nSPS) is 16.4. The summed E-state index contributed by atoms with van der Waals surface area (Å²) < 4.78 is 10.7. The van der Waals surface area contributed by atoms with E-state index in [1.54, 1.807) is 7.11 Å². The van der Waals surface area contributed by atoms with E-state index in [-0.39, 0.29) is 30.0 Å². The first-order valence-corrected chi connectivity index (χ1v) is 9.85. The lowest BCUT2D eigenvalue weighted by Crippen LogP contribution is -2.43. The molecule has 0 saturated carbocycles. The van der Waals surface area contributed by atoms with Crippen molar-refractivity contribution in [2.24, 2.45) is 10.9 Å². The monoisotopic (exact) mass is 504 g/mol. The van der Waals surface area contributed by atoms with Gasteiger partial charge in [0.05, 0.1) is 13.2 Å². The number of nitrogens with one attached hydrogen (secondary N) is 1. The summed E-state index contributed by atoms with van der Waals surface area (Å²) in [6, 6.07) is 8.55.